The molecular formula is C12H22N2O. The molecular weight excluding hydrogens is 188 g/mol. The van der Waals surface area contributed by atoms with Gasteiger partial charge in [-0.25, -0.2) is 0 Å². The van der Waals surface area contributed by atoms with Crippen LogP contribution in [0.25, 0.3) is 0 Å². The molecule has 3 nitrogen and oxygen atoms in total. The average Bonchev–Trinajstić information content (AvgIpc) is 2.84. The van der Waals surface area contributed by atoms with Crippen molar-refractivity contribution in [1.82, 2.24) is 10.6 Å². The second-order valence-electron chi connectivity index (χ2n) is 5.64. The topological polar surface area (TPSA) is 41.1 Å². The van der Waals surface area contributed by atoms with Crippen LogP contribution < -0.4 is 10.6 Å². The zero-order chi connectivity index (χ0) is 10.9. The Morgan fingerprint density at radius 2 is 2.20 bits per heavy atom. The average molecular weight is 210 g/mol. The molecule has 2 aliphatic rings. The normalized spacial score (nSPS) is 33.5. The van der Waals surface area contributed by atoms with Crippen molar-refractivity contribution < 1.29 is 4.79 Å². The van der Waals surface area contributed by atoms with E-state index in [4.69, 9.17) is 0 Å². The van der Waals surface area contributed by atoms with Gasteiger partial charge in [0.25, 0.3) is 0 Å². The smallest absolute Gasteiger partial charge is 0.237 e. The first-order valence-electron chi connectivity index (χ1n) is 6.11. The maximum absolute atomic E-state index is 11.8. The highest BCUT2D eigenvalue weighted by molar-refractivity contribution is 5.81. The largest absolute Gasteiger partial charge is 0.354 e. The van der Waals surface area contributed by atoms with E-state index >= 15 is 0 Å². The molecule has 3 heteroatoms. The van der Waals surface area contributed by atoms with Crippen LogP contribution in [-0.2, 0) is 4.79 Å². The molecule has 1 aliphatic carbocycles. The van der Waals surface area contributed by atoms with Gasteiger partial charge in [0.05, 0.1) is 6.04 Å². The summed E-state index contributed by atoms with van der Waals surface area (Å²) >= 11 is 0. The Hall–Kier alpha value is -0.570. The predicted molar refractivity (Wildman–Crippen MR) is 60.5 cm³/mol. The van der Waals surface area contributed by atoms with Crippen LogP contribution in [0, 0.1) is 11.3 Å². The van der Waals surface area contributed by atoms with Gasteiger partial charge in [0, 0.05) is 6.54 Å². The summed E-state index contributed by atoms with van der Waals surface area (Å²) in [5.74, 6) is 0.905. The number of rotatable bonds is 3. The lowest BCUT2D eigenvalue weighted by Gasteiger charge is -2.22. The zero-order valence-corrected chi connectivity index (χ0v) is 9.81. The fourth-order valence-electron chi connectivity index (χ4n) is 2.35. The van der Waals surface area contributed by atoms with E-state index in [-0.39, 0.29) is 11.9 Å². The number of carbonyl (C=O) groups excluding carboxylic acids is 1. The monoisotopic (exact) mass is 210 g/mol. The van der Waals surface area contributed by atoms with Gasteiger partial charge >= 0.3 is 0 Å². The fourth-order valence-corrected chi connectivity index (χ4v) is 2.35. The van der Waals surface area contributed by atoms with E-state index in [9.17, 15) is 4.79 Å². The molecule has 0 bridgehead atoms. The van der Waals surface area contributed by atoms with Gasteiger partial charge in [-0.05, 0) is 37.1 Å². The maximum atomic E-state index is 11.8. The van der Waals surface area contributed by atoms with E-state index in [1.807, 2.05) is 0 Å². The molecule has 2 rings (SSSR count). The quantitative estimate of drug-likeness (QED) is 0.737. The van der Waals surface area contributed by atoms with Gasteiger partial charge in [0.2, 0.25) is 5.91 Å². The van der Waals surface area contributed by atoms with Crippen molar-refractivity contribution >= 4 is 5.91 Å². The van der Waals surface area contributed by atoms with Crippen LogP contribution in [0.2, 0.25) is 0 Å². The van der Waals surface area contributed by atoms with Crippen LogP contribution in [0.4, 0.5) is 0 Å². The first-order chi connectivity index (χ1) is 7.09. The van der Waals surface area contributed by atoms with E-state index in [1.54, 1.807) is 0 Å². The molecule has 0 aromatic heterocycles. The molecule has 1 aliphatic heterocycles. The van der Waals surface area contributed by atoms with Crippen LogP contribution in [0.1, 0.15) is 39.5 Å². The summed E-state index contributed by atoms with van der Waals surface area (Å²) in [6.45, 7) is 6.39. The molecule has 1 unspecified atom stereocenters. The second-order valence-corrected chi connectivity index (χ2v) is 5.64. The van der Waals surface area contributed by atoms with Crippen molar-refractivity contribution in [2.45, 2.75) is 45.6 Å². The van der Waals surface area contributed by atoms with E-state index < -0.39 is 0 Å². The summed E-state index contributed by atoms with van der Waals surface area (Å²) in [4.78, 5) is 11.8. The molecule has 0 spiro atoms. The van der Waals surface area contributed by atoms with Gasteiger partial charge in [-0.3, -0.25) is 4.79 Å². The first-order valence-corrected chi connectivity index (χ1v) is 6.11. The lowest BCUT2D eigenvalue weighted by atomic mass is 10.0. The predicted octanol–water partition coefficient (Wildman–Crippen LogP) is 1.29. The van der Waals surface area contributed by atoms with Gasteiger partial charge in [-0.15, -0.1) is 0 Å². The summed E-state index contributed by atoms with van der Waals surface area (Å²) in [6.07, 6.45) is 4.64. The lowest BCUT2D eigenvalue weighted by Crippen LogP contribution is -2.47. The Morgan fingerprint density at radius 3 is 2.73 bits per heavy atom. The van der Waals surface area contributed by atoms with Crippen LogP contribution >= 0.6 is 0 Å². The highest BCUT2D eigenvalue weighted by Crippen LogP contribution is 2.50. The third-order valence-electron chi connectivity index (χ3n) is 3.87. The summed E-state index contributed by atoms with van der Waals surface area (Å²) in [5, 5.41) is 6.34. The molecule has 1 amide bonds. The Morgan fingerprint density at radius 1 is 1.47 bits per heavy atom. The number of hydrogen-bond acceptors (Lipinski definition) is 2. The first kappa shape index (κ1) is 10.9. The number of nitrogens with one attached hydrogen (secondary N) is 2. The summed E-state index contributed by atoms with van der Waals surface area (Å²) < 4.78 is 0. The highest BCUT2D eigenvalue weighted by Gasteiger charge is 2.45. The minimum atomic E-state index is 0.0700. The molecule has 2 atom stereocenters. The van der Waals surface area contributed by atoms with Gasteiger partial charge in [-0.1, -0.05) is 20.3 Å². The van der Waals surface area contributed by atoms with Gasteiger partial charge < -0.3 is 10.6 Å². The number of hydrogen-bond donors (Lipinski definition) is 2. The third-order valence-corrected chi connectivity index (χ3v) is 3.87. The van der Waals surface area contributed by atoms with Crippen LogP contribution in [0.15, 0.2) is 0 Å². The number of piperidine rings is 1. The van der Waals surface area contributed by atoms with E-state index in [0.29, 0.717) is 11.3 Å². The SMILES string of the molecule is CC1(C)CC1CNC(=O)[C@H]1CCCCN1. The Labute approximate surface area is 92.0 Å². The van der Waals surface area contributed by atoms with Crippen molar-refractivity contribution in [2.75, 3.05) is 13.1 Å². The standard InChI is InChI=1S/C12H22N2O/c1-12(2)7-9(12)8-14-11(15)10-5-3-4-6-13-10/h9-10,13H,3-8H2,1-2H3,(H,14,15)/t9?,10-/m1/s1. The van der Waals surface area contributed by atoms with Gasteiger partial charge in [0.15, 0.2) is 0 Å². The molecule has 0 aromatic carbocycles. The molecule has 1 saturated heterocycles. The molecule has 0 radical (unpaired) electrons. The molecule has 2 N–H and O–H groups in total. The van der Waals surface area contributed by atoms with E-state index in [0.717, 1.165) is 19.5 Å². The van der Waals surface area contributed by atoms with Crippen LogP contribution in [-0.4, -0.2) is 25.0 Å². The summed E-state index contributed by atoms with van der Waals surface area (Å²) in [7, 11) is 0. The molecule has 1 saturated carbocycles. The van der Waals surface area contributed by atoms with Crippen LogP contribution in [0.5, 0.6) is 0 Å². The maximum Gasteiger partial charge on any atom is 0.237 e. The van der Waals surface area contributed by atoms with Crippen molar-refractivity contribution in [3.63, 3.8) is 0 Å². The molecule has 1 heterocycles. The Bertz CT molecular complexity index is 244. The van der Waals surface area contributed by atoms with Crippen molar-refractivity contribution in [3.05, 3.63) is 0 Å². The summed E-state index contributed by atoms with van der Waals surface area (Å²) in [6, 6.07) is 0.0700. The second kappa shape index (κ2) is 4.12. The number of carbonyl (C=O) groups is 1. The molecule has 0 aromatic rings. The van der Waals surface area contributed by atoms with Crippen molar-refractivity contribution in [3.8, 4) is 0 Å². The molecule has 86 valence electrons. The number of amides is 1. The fraction of sp³-hybridized carbons (Fsp3) is 0.917. The summed E-state index contributed by atoms with van der Waals surface area (Å²) in [5.41, 5.74) is 0.466. The minimum Gasteiger partial charge on any atom is -0.354 e. The van der Waals surface area contributed by atoms with Crippen LogP contribution in [0.3, 0.4) is 0 Å². The highest BCUT2D eigenvalue weighted by atomic mass is 16.2. The van der Waals surface area contributed by atoms with Gasteiger partial charge in [-0.2, -0.15) is 0 Å². The van der Waals surface area contributed by atoms with E-state index in [1.165, 1.54) is 19.3 Å². The lowest BCUT2D eigenvalue weighted by molar-refractivity contribution is -0.123. The van der Waals surface area contributed by atoms with E-state index in [2.05, 4.69) is 24.5 Å². The molecule has 2 fully saturated rings. The molecule has 15 heavy (non-hydrogen) atoms. The van der Waals surface area contributed by atoms with Crippen molar-refractivity contribution in [2.24, 2.45) is 11.3 Å². The Kier molecular flexibility index (Phi) is 3.01. The van der Waals surface area contributed by atoms with Crippen molar-refractivity contribution in [1.29, 1.82) is 0 Å². The zero-order valence-electron chi connectivity index (χ0n) is 9.81. The third kappa shape index (κ3) is 2.71. The minimum absolute atomic E-state index is 0.0700. The Balaban J connectivity index is 1.68. The van der Waals surface area contributed by atoms with Gasteiger partial charge in [0.1, 0.15) is 0 Å².